The summed E-state index contributed by atoms with van der Waals surface area (Å²) in [4.78, 5) is 10.5. The SMILES string of the molecule is C1CCCC1.C1CCCC1.C1CCCC1.C1CCCC1.CC1(C)C(=CC=[N+]2CCCCC2)N(CCCC2CCCC2)c2ccccc21.CC1(C)C(=CC=[N+]2CCOCC2)N(CCCC2CCCC2)c2ccccc21.C[N+](C)=CC=C1N(CCCC2CCCC2)c2ccccc2C1(C)C.C[N+](C)=CC=C1N(CCCC2CCCC2)c2ccccc2C12CCCCC2.[CH3-].[CH3-].[CH3-].[CH3-].[CH3-].[CH3-].[CH3-].[CH3-].[Fe+2].[Fe+2].[Fe+2].[Fe+2]. The van der Waals surface area contributed by atoms with Gasteiger partial charge in [-0.25, -0.2) is 18.3 Å². The van der Waals surface area contributed by atoms with Gasteiger partial charge in [-0.2, -0.15) is 0 Å². The Hall–Kier alpha value is -4.24. The Morgan fingerprint density at radius 3 is 0.796 bits per heavy atom. The number of para-hydroxylation sites is 4. The minimum absolute atomic E-state index is 0. The predicted molar refractivity (Wildman–Crippen MR) is 593 cm³/mol. The summed E-state index contributed by atoms with van der Waals surface area (Å²) >= 11 is 0. The van der Waals surface area contributed by atoms with Gasteiger partial charge in [0.2, 0.25) is 0 Å². The summed E-state index contributed by atoms with van der Waals surface area (Å²) < 4.78 is 14.7. The van der Waals surface area contributed by atoms with Gasteiger partial charge in [0, 0.05) is 131 Å². The predicted octanol–water partition coefficient (Wildman–Crippen LogP) is 32.9. The Labute approximate surface area is 891 Å². The molecule has 9 aliphatic carbocycles. The van der Waals surface area contributed by atoms with Crippen LogP contribution in [0.25, 0.3) is 0 Å². The molecule has 9 saturated carbocycles. The summed E-state index contributed by atoms with van der Waals surface area (Å²) in [5.41, 5.74) is 18.2. The van der Waals surface area contributed by atoms with Crippen molar-refractivity contribution in [2.45, 2.75) is 397 Å². The molecule has 0 amide bonds. The summed E-state index contributed by atoms with van der Waals surface area (Å²) in [6.45, 7) is 25.0. The van der Waals surface area contributed by atoms with E-state index >= 15 is 0 Å². The molecule has 19 rings (SSSR count). The molecule has 2 saturated heterocycles. The van der Waals surface area contributed by atoms with Crippen LogP contribution in [0.2, 0.25) is 0 Å². The zero-order chi connectivity index (χ0) is 87.4. The summed E-state index contributed by atoms with van der Waals surface area (Å²) in [6.07, 6.45) is 93.7. The number of morpholine rings is 1. The van der Waals surface area contributed by atoms with E-state index in [1.54, 1.807) is 11.3 Å². The second-order valence-electron chi connectivity index (χ2n) is 42.9. The zero-order valence-electron chi connectivity index (χ0n) is 91.4. The van der Waals surface area contributed by atoms with E-state index in [2.05, 4.69) is 254 Å². The molecule has 0 atom stereocenters. The van der Waals surface area contributed by atoms with Gasteiger partial charge in [0.15, 0.2) is 37.9 Å². The van der Waals surface area contributed by atoms with Crippen LogP contribution < -0.4 is 19.6 Å². The Morgan fingerprint density at radius 1 is 0.285 bits per heavy atom. The molecule has 15 aliphatic rings. The molecule has 0 unspecified atom stereocenters. The Kier molecular flexibility index (Phi) is 68.3. The molecular weight excluding hydrogens is 1840 g/mol. The van der Waals surface area contributed by atoms with Gasteiger partial charge < -0.3 is 83.7 Å². The Bertz CT molecular complexity index is 3900. The largest absolute Gasteiger partial charge is 2.00 e. The number of hydrogen-bond donors (Lipinski definition) is 0. The number of fused-ring (bicyclic) bond motifs is 5. The fraction of sp³-hybridized carbons (Fsp3) is 0.645. The van der Waals surface area contributed by atoms with Gasteiger partial charge in [0.1, 0.15) is 54.5 Å². The van der Waals surface area contributed by atoms with Crippen molar-refractivity contribution in [2.75, 3.05) is 113 Å². The van der Waals surface area contributed by atoms with E-state index in [0.29, 0.717) is 0 Å². The van der Waals surface area contributed by atoms with Crippen LogP contribution in [0.15, 0.2) is 144 Å². The van der Waals surface area contributed by atoms with Crippen molar-refractivity contribution in [3.05, 3.63) is 226 Å². The molecule has 6 aliphatic heterocycles. The van der Waals surface area contributed by atoms with Gasteiger partial charge in [0.25, 0.3) is 0 Å². The maximum atomic E-state index is 5.49. The number of allylic oxidation sites excluding steroid dienone is 8. The van der Waals surface area contributed by atoms with Gasteiger partial charge in [0.05, 0.1) is 0 Å². The van der Waals surface area contributed by atoms with E-state index in [1.165, 1.54) is 410 Å². The van der Waals surface area contributed by atoms with Gasteiger partial charge >= 0.3 is 68.3 Å². The molecule has 1 spiro atoms. The maximum Gasteiger partial charge on any atom is 2.00 e. The van der Waals surface area contributed by atoms with Crippen LogP contribution in [0.1, 0.15) is 398 Å². The molecular formula is C124H206Fe4N8O+4. The average molecular weight is 2050 g/mol. The second kappa shape index (κ2) is 70.5. The third kappa shape index (κ3) is 39.2. The molecule has 776 valence electrons. The van der Waals surface area contributed by atoms with E-state index in [4.69, 9.17) is 4.74 Å². The number of nitrogens with zero attached hydrogens (tertiary/aromatic N) is 8. The molecule has 0 bridgehead atoms. The van der Waals surface area contributed by atoms with Crippen molar-refractivity contribution in [3.8, 4) is 0 Å². The fourth-order valence-corrected chi connectivity index (χ4v) is 24.4. The zero-order valence-corrected chi connectivity index (χ0v) is 95.8. The molecule has 0 N–H and O–H groups in total. The van der Waals surface area contributed by atoms with E-state index in [-0.39, 0.29) is 149 Å². The van der Waals surface area contributed by atoms with Crippen LogP contribution in [0.3, 0.4) is 0 Å². The third-order valence-corrected chi connectivity index (χ3v) is 31.9. The van der Waals surface area contributed by atoms with Crippen LogP contribution in [-0.2, 0) is 94.7 Å². The average Bonchev–Trinajstić information content (AvgIpc) is 1.57. The number of ether oxygens (including phenoxy) is 1. The summed E-state index contributed by atoms with van der Waals surface area (Å²) in [7, 11) is 8.46. The smallest absolute Gasteiger partial charge is 0.368 e. The van der Waals surface area contributed by atoms with Crippen molar-refractivity contribution in [2.24, 2.45) is 23.7 Å². The van der Waals surface area contributed by atoms with Gasteiger partial charge in [-0.05, 0) is 141 Å². The van der Waals surface area contributed by atoms with Crippen molar-refractivity contribution in [1.29, 1.82) is 0 Å². The number of piperidine rings is 1. The minimum atomic E-state index is 0. The third-order valence-electron chi connectivity index (χ3n) is 31.9. The van der Waals surface area contributed by atoms with Gasteiger partial charge in [-0.3, -0.25) is 0 Å². The summed E-state index contributed by atoms with van der Waals surface area (Å²) in [5, 5.41) is 0. The Morgan fingerprint density at radius 2 is 0.511 bits per heavy atom. The van der Waals surface area contributed by atoms with Crippen LogP contribution in [0.5, 0.6) is 0 Å². The molecule has 13 heteroatoms. The second-order valence-corrected chi connectivity index (χ2v) is 42.9. The summed E-state index contributed by atoms with van der Waals surface area (Å²) in [5.74, 6) is 3.94. The summed E-state index contributed by atoms with van der Waals surface area (Å²) in [6, 6.07) is 36.3. The van der Waals surface area contributed by atoms with E-state index in [1.807, 2.05) is 0 Å². The standard InChI is InChI=1S/2C25H37N2.C24H35N2O.C22H33N2.4C5H10.8CH3.4Fe/c1-26(2)20-16-24-25(17-8-3-9-18-25)22-14-6-7-15-23(22)27(24)19-10-13-21-11-4-5-12-21;1-25(2)22-14-6-7-15-23(22)27(19-10-13-21-11-4-5-12-21)24(25)16-20-26-17-8-3-9-18-26;1-24(2)21-11-5-6-12-22(21)26(14-7-10-20-8-3-4-9-20)23(24)13-15-25-16-18-27-19-17-25;1-22(2)19-13-7-8-14-20(19)24(21(22)15-17-23(3)4)16-9-12-18-10-5-6-11-18;4*1-2-4-5-3-1;;;;;;;;;;;;/h2*6-7,14-16,20-21H,3-5,8-13,17-19H2,1-2H3;5-6,11-13,15,20H,3-4,7-10,14,16-19H2,1-2H3;7-8,13-15,17-18H,5-6,9-12,16H2,1-4H3;4*1-5H2;8*1H3;;;;/q4*+1;;;;;8*-1;4*+2. The quantitative estimate of drug-likeness (QED) is 0.0381. The van der Waals surface area contributed by atoms with E-state index in [0.717, 1.165) is 69.6 Å². The number of anilines is 4. The van der Waals surface area contributed by atoms with Crippen LogP contribution >= 0.6 is 0 Å². The number of rotatable bonds is 20. The molecule has 0 aromatic heterocycles. The minimum Gasteiger partial charge on any atom is -0.368 e. The van der Waals surface area contributed by atoms with Crippen molar-refractivity contribution < 1.29 is 91.3 Å². The fourth-order valence-electron chi connectivity index (χ4n) is 24.4. The number of benzene rings is 4. The first-order chi connectivity index (χ1) is 61.0. The van der Waals surface area contributed by atoms with Crippen molar-refractivity contribution in [1.82, 2.24) is 0 Å². The van der Waals surface area contributed by atoms with Crippen molar-refractivity contribution in [3.63, 3.8) is 0 Å². The normalized spacial score (nSPS) is 21.2. The van der Waals surface area contributed by atoms with Crippen LogP contribution in [0, 0.1) is 83.1 Å². The molecule has 9 nitrogen and oxygen atoms in total. The van der Waals surface area contributed by atoms with Gasteiger partial charge in [-0.15, -0.1) is 0 Å². The van der Waals surface area contributed by atoms with Crippen LogP contribution in [0.4, 0.5) is 22.7 Å². The maximum absolute atomic E-state index is 5.49. The molecule has 4 aromatic carbocycles. The Balaban J connectivity index is 0.00000163. The topological polar surface area (TPSA) is 34.2 Å². The monoisotopic (exact) mass is 2050 g/mol. The molecule has 6 heterocycles. The molecule has 0 radical (unpaired) electrons. The van der Waals surface area contributed by atoms with Crippen LogP contribution in [-0.4, -0.2) is 137 Å². The number of hydrogen-bond acceptors (Lipinski definition) is 5. The van der Waals surface area contributed by atoms with E-state index in [9.17, 15) is 0 Å². The molecule has 4 aromatic rings. The van der Waals surface area contributed by atoms with Crippen molar-refractivity contribution >= 4 is 47.6 Å². The first kappa shape index (κ1) is 133. The first-order valence-electron chi connectivity index (χ1n) is 53.1. The molecule has 11 fully saturated rings. The van der Waals surface area contributed by atoms with Gasteiger partial charge in [-0.1, -0.05) is 365 Å². The van der Waals surface area contributed by atoms with E-state index < -0.39 is 0 Å². The first-order valence-corrected chi connectivity index (χ1v) is 53.1. The molecule has 137 heavy (non-hydrogen) atoms.